The minimum absolute atomic E-state index is 0.882. The van der Waals surface area contributed by atoms with Crippen molar-refractivity contribution in [3.8, 4) is 0 Å². The number of pyridine rings is 1. The number of aryl methyl sites for hydroxylation is 1. The van der Waals surface area contributed by atoms with Crippen molar-refractivity contribution in [3.63, 3.8) is 0 Å². The van der Waals surface area contributed by atoms with Crippen LogP contribution in [-0.2, 0) is 6.54 Å². The summed E-state index contributed by atoms with van der Waals surface area (Å²) < 4.78 is 0. The Morgan fingerprint density at radius 2 is 2.24 bits per heavy atom. The molecule has 1 aromatic rings. The van der Waals surface area contributed by atoms with Gasteiger partial charge in [0.15, 0.2) is 0 Å². The minimum Gasteiger partial charge on any atom is -0.374 e. The molecule has 2 rings (SSSR count). The Morgan fingerprint density at radius 3 is 2.82 bits per heavy atom. The molecule has 0 aliphatic heterocycles. The Balaban J connectivity index is 2.13. The predicted octanol–water partition coefficient (Wildman–Crippen LogP) is 2.20. The molecular formula is C14H23N3. The molecule has 1 aliphatic rings. The van der Waals surface area contributed by atoms with Crippen molar-refractivity contribution < 1.29 is 0 Å². The van der Waals surface area contributed by atoms with Gasteiger partial charge in [-0.1, -0.05) is 6.92 Å². The summed E-state index contributed by atoms with van der Waals surface area (Å²) in [6.07, 6.45) is 3.38. The van der Waals surface area contributed by atoms with Crippen LogP contribution in [0.4, 0.5) is 5.69 Å². The van der Waals surface area contributed by atoms with Gasteiger partial charge in [-0.25, -0.2) is 0 Å². The fraction of sp³-hybridized carbons (Fsp3) is 0.643. The third-order valence-electron chi connectivity index (χ3n) is 3.66. The van der Waals surface area contributed by atoms with Gasteiger partial charge >= 0.3 is 0 Å². The van der Waals surface area contributed by atoms with Crippen molar-refractivity contribution in [1.29, 1.82) is 0 Å². The molecule has 0 amide bonds. The molecule has 1 fully saturated rings. The number of aromatic nitrogens is 1. The van der Waals surface area contributed by atoms with E-state index in [0.717, 1.165) is 24.1 Å². The highest BCUT2D eigenvalue weighted by Crippen LogP contribution is 2.39. The summed E-state index contributed by atoms with van der Waals surface area (Å²) >= 11 is 0. The summed E-state index contributed by atoms with van der Waals surface area (Å²) in [7, 11) is 4.17. The van der Waals surface area contributed by atoms with Crippen molar-refractivity contribution >= 4 is 5.69 Å². The van der Waals surface area contributed by atoms with Crippen LogP contribution >= 0.6 is 0 Å². The molecule has 94 valence electrons. The third-order valence-corrected chi connectivity index (χ3v) is 3.66. The summed E-state index contributed by atoms with van der Waals surface area (Å²) in [5.74, 6) is 1.80. The fourth-order valence-electron chi connectivity index (χ4n) is 2.36. The maximum absolute atomic E-state index is 4.38. The molecule has 0 bridgehead atoms. The molecule has 0 saturated heterocycles. The van der Waals surface area contributed by atoms with E-state index in [1.54, 1.807) is 0 Å². The van der Waals surface area contributed by atoms with Crippen LogP contribution in [0.2, 0.25) is 0 Å². The first kappa shape index (κ1) is 12.4. The van der Waals surface area contributed by atoms with Crippen LogP contribution in [0, 0.1) is 18.8 Å². The third kappa shape index (κ3) is 2.97. The smallest absolute Gasteiger partial charge is 0.0443 e. The highest BCUT2D eigenvalue weighted by molar-refractivity contribution is 5.53. The van der Waals surface area contributed by atoms with E-state index in [2.05, 4.69) is 42.2 Å². The first-order chi connectivity index (χ1) is 8.11. The summed E-state index contributed by atoms with van der Waals surface area (Å²) in [5.41, 5.74) is 3.70. The first-order valence-electron chi connectivity index (χ1n) is 6.43. The molecule has 0 radical (unpaired) electrons. The molecule has 0 spiro atoms. The molecule has 2 atom stereocenters. The van der Waals surface area contributed by atoms with Gasteiger partial charge in [-0.2, -0.15) is 0 Å². The van der Waals surface area contributed by atoms with Crippen LogP contribution in [0.1, 0.15) is 24.6 Å². The highest BCUT2D eigenvalue weighted by Gasteiger charge is 2.33. The van der Waals surface area contributed by atoms with Gasteiger partial charge in [0.05, 0.1) is 0 Å². The monoisotopic (exact) mass is 233 g/mol. The number of rotatable bonds is 5. The van der Waals surface area contributed by atoms with Gasteiger partial charge < -0.3 is 10.2 Å². The van der Waals surface area contributed by atoms with E-state index in [1.165, 1.54) is 24.2 Å². The fourth-order valence-corrected chi connectivity index (χ4v) is 2.36. The summed E-state index contributed by atoms with van der Waals surface area (Å²) in [6, 6.07) is 2.19. The number of hydrogen-bond donors (Lipinski definition) is 1. The van der Waals surface area contributed by atoms with Crippen molar-refractivity contribution in [2.75, 3.05) is 25.5 Å². The van der Waals surface area contributed by atoms with Gasteiger partial charge in [-0.05, 0) is 38.3 Å². The minimum atomic E-state index is 0.882. The zero-order valence-corrected chi connectivity index (χ0v) is 11.3. The lowest BCUT2D eigenvalue weighted by molar-refractivity contribution is 0.717. The molecular weight excluding hydrogens is 210 g/mol. The molecule has 3 nitrogen and oxygen atoms in total. The van der Waals surface area contributed by atoms with E-state index in [9.17, 15) is 0 Å². The lowest BCUT2D eigenvalue weighted by Crippen LogP contribution is -2.23. The molecule has 1 N–H and O–H groups in total. The second-order valence-electron chi connectivity index (χ2n) is 5.34. The second kappa shape index (κ2) is 5.05. The number of nitrogens with one attached hydrogen (secondary N) is 1. The van der Waals surface area contributed by atoms with E-state index in [0.29, 0.717) is 0 Å². The maximum Gasteiger partial charge on any atom is 0.0443 e. The molecule has 1 heterocycles. The molecule has 0 aromatic carbocycles. The van der Waals surface area contributed by atoms with Crippen molar-refractivity contribution in [2.45, 2.75) is 26.8 Å². The zero-order chi connectivity index (χ0) is 12.4. The molecule has 2 unspecified atom stereocenters. The summed E-state index contributed by atoms with van der Waals surface area (Å²) in [6.45, 7) is 6.44. The van der Waals surface area contributed by atoms with Gasteiger partial charge in [0, 0.05) is 43.3 Å². The van der Waals surface area contributed by atoms with Crippen LogP contribution < -0.4 is 10.2 Å². The number of anilines is 1. The molecule has 3 heteroatoms. The second-order valence-corrected chi connectivity index (χ2v) is 5.34. The van der Waals surface area contributed by atoms with Gasteiger partial charge in [-0.3, -0.25) is 4.98 Å². The number of hydrogen-bond acceptors (Lipinski definition) is 3. The van der Waals surface area contributed by atoms with Crippen LogP contribution in [0.5, 0.6) is 0 Å². The lowest BCUT2D eigenvalue weighted by atomic mass is 10.1. The van der Waals surface area contributed by atoms with Crippen molar-refractivity contribution in [2.24, 2.45) is 11.8 Å². The average molecular weight is 233 g/mol. The quantitative estimate of drug-likeness (QED) is 0.845. The van der Waals surface area contributed by atoms with Crippen LogP contribution in [0.25, 0.3) is 0 Å². The molecule has 1 aromatic heterocycles. The first-order valence-corrected chi connectivity index (χ1v) is 6.43. The van der Waals surface area contributed by atoms with E-state index in [1.807, 2.05) is 13.2 Å². The molecule has 1 aliphatic carbocycles. The van der Waals surface area contributed by atoms with Gasteiger partial charge in [-0.15, -0.1) is 0 Å². The van der Waals surface area contributed by atoms with Gasteiger partial charge in [0.1, 0.15) is 0 Å². The van der Waals surface area contributed by atoms with E-state index in [4.69, 9.17) is 0 Å². The molecule has 17 heavy (non-hydrogen) atoms. The molecule has 1 saturated carbocycles. The normalized spacial score (nSPS) is 22.6. The van der Waals surface area contributed by atoms with Crippen LogP contribution in [-0.4, -0.2) is 25.6 Å². The van der Waals surface area contributed by atoms with Crippen molar-refractivity contribution in [1.82, 2.24) is 10.3 Å². The highest BCUT2D eigenvalue weighted by atomic mass is 15.1. The Labute approximate surface area is 104 Å². The topological polar surface area (TPSA) is 28.2 Å². The Kier molecular flexibility index (Phi) is 3.67. The van der Waals surface area contributed by atoms with Crippen molar-refractivity contribution in [3.05, 3.63) is 23.5 Å². The van der Waals surface area contributed by atoms with Gasteiger partial charge in [0.2, 0.25) is 0 Å². The average Bonchev–Trinajstić information content (AvgIpc) is 2.97. The summed E-state index contributed by atoms with van der Waals surface area (Å²) in [5, 5.41) is 3.21. The maximum atomic E-state index is 4.38. The Bertz CT molecular complexity index is 389. The Hall–Kier alpha value is -1.09. The standard InChI is InChI=1S/C14H23N3/c1-10-5-12(10)9-17(4)14-6-11(2)16-8-13(14)7-15-3/h6,8,10,12,15H,5,7,9H2,1-4H3. The number of nitrogens with zero attached hydrogens (tertiary/aromatic N) is 2. The largest absolute Gasteiger partial charge is 0.374 e. The van der Waals surface area contributed by atoms with E-state index < -0.39 is 0 Å². The zero-order valence-electron chi connectivity index (χ0n) is 11.3. The van der Waals surface area contributed by atoms with E-state index in [-0.39, 0.29) is 0 Å². The Morgan fingerprint density at radius 1 is 1.53 bits per heavy atom. The lowest BCUT2D eigenvalue weighted by Gasteiger charge is -2.23. The van der Waals surface area contributed by atoms with Crippen LogP contribution in [0.3, 0.4) is 0 Å². The van der Waals surface area contributed by atoms with Crippen LogP contribution in [0.15, 0.2) is 12.3 Å². The SMILES string of the molecule is CNCc1cnc(C)cc1N(C)CC1CC1C. The predicted molar refractivity (Wildman–Crippen MR) is 72.3 cm³/mol. The van der Waals surface area contributed by atoms with E-state index >= 15 is 0 Å². The van der Waals surface area contributed by atoms with Gasteiger partial charge in [0.25, 0.3) is 0 Å². The summed E-state index contributed by atoms with van der Waals surface area (Å²) in [4.78, 5) is 6.77.